The van der Waals surface area contributed by atoms with Crippen LogP contribution < -0.4 is 10.6 Å². The van der Waals surface area contributed by atoms with Gasteiger partial charge in [-0.1, -0.05) is 6.92 Å². The molecule has 0 aliphatic carbocycles. The molecule has 0 saturated heterocycles. The molecule has 2 aromatic rings. The molecular formula is C16H26IN5S. The summed E-state index contributed by atoms with van der Waals surface area (Å²) in [6.07, 6.45) is 6.04. The SMILES string of the molecule is CCNC(=NCCc1csc(CC)n1)NCCn1cccc1.I. The van der Waals surface area contributed by atoms with Crippen molar-refractivity contribution in [1.29, 1.82) is 0 Å². The zero-order chi connectivity index (χ0) is 15.6. The van der Waals surface area contributed by atoms with Crippen molar-refractivity contribution in [2.75, 3.05) is 19.6 Å². The average molecular weight is 447 g/mol. The van der Waals surface area contributed by atoms with Gasteiger partial charge in [0, 0.05) is 50.4 Å². The molecular weight excluding hydrogens is 421 g/mol. The molecule has 2 rings (SSSR count). The quantitative estimate of drug-likeness (QED) is 0.372. The van der Waals surface area contributed by atoms with Crippen LogP contribution in [0, 0.1) is 0 Å². The van der Waals surface area contributed by atoms with Crippen LogP contribution in [-0.2, 0) is 19.4 Å². The number of hydrogen-bond acceptors (Lipinski definition) is 3. The highest BCUT2D eigenvalue weighted by molar-refractivity contribution is 14.0. The molecule has 0 radical (unpaired) electrons. The third kappa shape index (κ3) is 7.34. The smallest absolute Gasteiger partial charge is 0.191 e. The molecule has 23 heavy (non-hydrogen) atoms. The molecule has 0 fully saturated rings. The number of aliphatic imine (C=N–C) groups is 1. The van der Waals surface area contributed by atoms with E-state index in [0.29, 0.717) is 0 Å². The minimum absolute atomic E-state index is 0. The van der Waals surface area contributed by atoms with Gasteiger partial charge in [0.2, 0.25) is 0 Å². The van der Waals surface area contributed by atoms with Crippen molar-refractivity contribution in [3.63, 3.8) is 0 Å². The third-order valence-electron chi connectivity index (χ3n) is 3.21. The van der Waals surface area contributed by atoms with Crippen LogP contribution in [0.5, 0.6) is 0 Å². The summed E-state index contributed by atoms with van der Waals surface area (Å²) in [6.45, 7) is 7.63. The minimum atomic E-state index is 0. The second-order valence-electron chi connectivity index (χ2n) is 4.94. The molecule has 0 unspecified atom stereocenters. The maximum atomic E-state index is 4.61. The fourth-order valence-corrected chi connectivity index (χ4v) is 2.85. The summed E-state index contributed by atoms with van der Waals surface area (Å²) in [6, 6.07) is 4.08. The molecule has 0 aliphatic rings. The number of halogens is 1. The molecule has 0 bridgehead atoms. The fourth-order valence-electron chi connectivity index (χ4n) is 2.07. The molecule has 2 aromatic heterocycles. The van der Waals surface area contributed by atoms with Crippen LogP contribution in [-0.4, -0.2) is 35.1 Å². The number of thiazole rings is 1. The highest BCUT2D eigenvalue weighted by Gasteiger charge is 2.01. The number of nitrogens with one attached hydrogen (secondary N) is 2. The molecule has 2 N–H and O–H groups in total. The van der Waals surface area contributed by atoms with Gasteiger partial charge < -0.3 is 15.2 Å². The Labute approximate surface area is 159 Å². The van der Waals surface area contributed by atoms with Crippen LogP contribution in [0.1, 0.15) is 24.5 Å². The summed E-state index contributed by atoms with van der Waals surface area (Å²) in [7, 11) is 0. The number of aryl methyl sites for hydroxylation is 1. The Morgan fingerprint density at radius 2 is 2.04 bits per heavy atom. The van der Waals surface area contributed by atoms with Crippen molar-refractivity contribution >= 4 is 41.3 Å². The van der Waals surface area contributed by atoms with Crippen LogP contribution in [0.3, 0.4) is 0 Å². The first-order chi connectivity index (χ1) is 10.8. The van der Waals surface area contributed by atoms with E-state index in [2.05, 4.69) is 56.8 Å². The minimum Gasteiger partial charge on any atom is -0.357 e. The zero-order valence-corrected chi connectivity index (χ0v) is 16.9. The van der Waals surface area contributed by atoms with E-state index >= 15 is 0 Å². The van der Waals surface area contributed by atoms with Gasteiger partial charge in [-0.15, -0.1) is 35.3 Å². The molecule has 0 spiro atoms. The Morgan fingerprint density at radius 3 is 2.70 bits per heavy atom. The Kier molecular flexibility index (Phi) is 9.93. The van der Waals surface area contributed by atoms with Gasteiger partial charge >= 0.3 is 0 Å². The van der Waals surface area contributed by atoms with Crippen molar-refractivity contribution in [2.45, 2.75) is 33.2 Å². The van der Waals surface area contributed by atoms with E-state index in [1.54, 1.807) is 11.3 Å². The van der Waals surface area contributed by atoms with Gasteiger partial charge in [-0.05, 0) is 25.5 Å². The average Bonchev–Trinajstić information content (AvgIpc) is 3.18. The van der Waals surface area contributed by atoms with Crippen molar-refractivity contribution in [2.24, 2.45) is 4.99 Å². The highest BCUT2D eigenvalue weighted by atomic mass is 127. The molecule has 0 aliphatic heterocycles. The second-order valence-corrected chi connectivity index (χ2v) is 5.89. The van der Waals surface area contributed by atoms with Crippen LogP contribution >= 0.6 is 35.3 Å². The van der Waals surface area contributed by atoms with Crippen LogP contribution in [0.4, 0.5) is 0 Å². The van der Waals surface area contributed by atoms with Crippen molar-refractivity contribution in [3.05, 3.63) is 40.6 Å². The summed E-state index contributed by atoms with van der Waals surface area (Å²) in [5.74, 6) is 0.876. The van der Waals surface area contributed by atoms with Gasteiger partial charge in [0.25, 0.3) is 0 Å². The molecule has 2 heterocycles. The van der Waals surface area contributed by atoms with E-state index in [0.717, 1.165) is 50.7 Å². The number of aromatic nitrogens is 2. The van der Waals surface area contributed by atoms with Gasteiger partial charge in [-0.3, -0.25) is 4.99 Å². The third-order valence-corrected chi connectivity index (χ3v) is 4.25. The van der Waals surface area contributed by atoms with Gasteiger partial charge in [-0.25, -0.2) is 4.98 Å². The van der Waals surface area contributed by atoms with E-state index in [-0.39, 0.29) is 24.0 Å². The van der Waals surface area contributed by atoms with Crippen molar-refractivity contribution < 1.29 is 0 Å². The fraction of sp³-hybridized carbons (Fsp3) is 0.500. The normalized spacial score (nSPS) is 11.1. The topological polar surface area (TPSA) is 54.2 Å². The first-order valence-electron chi connectivity index (χ1n) is 7.88. The van der Waals surface area contributed by atoms with E-state index in [1.807, 2.05) is 12.1 Å². The van der Waals surface area contributed by atoms with Gasteiger partial charge in [0.1, 0.15) is 0 Å². The van der Waals surface area contributed by atoms with E-state index in [9.17, 15) is 0 Å². The number of nitrogens with zero attached hydrogens (tertiary/aromatic N) is 3. The summed E-state index contributed by atoms with van der Waals surface area (Å²) in [4.78, 5) is 9.19. The number of rotatable bonds is 8. The Balaban J connectivity index is 0.00000264. The highest BCUT2D eigenvalue weighted by Crippen LogP contribution is 2.10. The Bertz CT molecular complexity index is 565. The molecule has 128 valence electrons. The monoisotopic (exact) mass is 447 g/mol. The largest absolute Gasteiger partial charge is 0.357 e. The molecule has 0 amide bonds. The summed E-state index contributed by atoms with van der Waals surface area (Å²) in [5, 5.41) is 9.98. The predicted octanol–water partition coefficient (Wildman–Crippen LogP) is 2.92. The summed E-state index contributed by atoms with van der Waals surface area (Å²) in [5.41, 5.74) is 1.15. The lowest BCUT2D eigenvalue weighted by molar-refractivity contribution is 0.665. The Hall–Kier alpha value is -1.09. The van der Waals surface area contributed by atoms with Gasteiger partial charge in [0.05, 0.1) is 10.7 Å². The standard InChI is InChI=1S/C16H25N5S.HI/c1-3-15-20-14(13-22-15)7-8-18-16(17-4-2)19-9-12-21-10-5-6-11-21;/h5-6,10-11,13H,3-4,7-9,12H2,1-2H3,(H2,17,18,19);1H. The maximum absolute atomic E-state index is 4.61. The van der Waals surface area contributed by atoms with E-state index in [1.165, 1.54) is 5.01 Å². The van der Waals surface area contributed by atoms with Crippen molar-refractivity contribution in [1.82, 2.24) is 20.2 Å². The first kappa shape index (κ1) is 20.0. The summed E-state index contributed by atoms with van der Waals surface area (Å²) >= 11 is 1.74. The predicted molar refractivity (Wildman–Crippen MR) is 109 cm³/mol. The van der Waals surface area contributed by atoms with Crippen LogP contribution in [0.25, 0.3) is 0 Å². The second kappa shape index (κ2) is 11.4. The lowest BCUT2D eigenvalue weighted by Gasteiger charge is -2.11. The van der Waals surface area contributed by atoms with Crippen LogP contribution in [0.15, 0.2) is 34.9 Å². The molecule has 0 saturated carbocycles. The number of hydrogen-bond donors (Lipinski definition) is 2. The van der Waals surface area contributed by atoms with Gasteiger partial charge in [0.15, 0.2) is 5.96 Å². The van der Waals surface area contributed by atoms with Gasteiger partial charge in [-0.2, -0.15) is 0 Å². The van der Waals surface area contributed by atoms with E-state index in [4.69, 9.17) is 0 Å². The summed E-state index contributed by atoms with van der Waals surface area (Å²) < 4.78 is 2.15. The first-order valence-corrected chi connectivity index (χ1v) is 8.76. The molecule has 0 atom stereocenters. The molecule has 7 heteroatoms. The molecule has 0 aromatic carbocycles. The van der Waals surface area contributed by atoms with Crippen LogP contribution in [0.2, 0.25) is 0 Å². The van der Waals surface area contributed by atoms with E-state index < -0.39 is 0 Å². The lowest BCUT2D eigenvalue weighted by Crippen LogP contribution is -2.39. The Morgan fingerprint density at radius 1 is 1.26 bits per heavy atom. The zero-order valence-electron chi connectivity index (χ0n) is 13.8. The molecule has 5 nitrogen and oxygen atoms in total. The number of guanidine groups is 1. The van der Waals surface area contributed by atoms with Crippen molar-refractivity contribution in [3.8, 4) is 0 Å². The maximum Gasteiger partial charge on any atom is 0.191 e. The lowest BCUT2D eigenvalue weighted by atomic mass is 10.3.